The molecule has 5 nitrogen and oxygen atoms in total. The van der Waals surface area contributed by atoms with Crippen LogP contribution in [0.2, 0.25) is 0 Å². The molecule has 0 radical (unpaired) electrons. The van der Waals surface area contributed by atoms with Crippen LogP contribution in [-0.2, 0) is 14.8 Å². The molecule has 0 spiro atoms. The zero-order valence-corrected chi connectivity index (χ0v) is 15.4. The Labute approximate surface area is 148 Å². The lowest BCUT2D eigenvalue weighted by Crippen LogP contribution is -2.45. The topological polar surface area (TPSA) is 66.5 Å². The smallest absolute Gasteiger partial charge is 0.247 e. The maximum absolute atomic E-state index is 13.4. The van der Waals surface area contributed by atoms with E-state index in [1.165, 1.54) is 25.1 Å². The maximum atomic E-state index is 13.4. The molecular formula is C16H16BrFN2O3S. The number of benzene rings is 2. The summed E-state index contributed by atoms with van der Waals surface area (Å²) < 4.78 is 39.3. The molecule has 0 fully saturated rings. The van der Waals surface area contributed by atoms with Gasteiger partial charge in [0, 0.05) is 10.2 Å². The highest BCUT2D eigenvalue weighted by atomic mass is 79.9. The number of carbonyl (C=O) groups excluding carboxylic acids is 1. The van der Waals surface area contributed by atoms with Gasteiger partial charge in [0.1, 0.15) is 11.9 Å². The Hall–Kier alpha value is -1.93. The average molecular weight is 415 g/mol. The van der Waals surface area contributed by atoms with Gasteiger partial charge in [-0.25, -0.2) is 12.8 Å². The van der Waals surface area contributed by atoms with E-state index in [4.69, 9.17) is 0 Å². The molecule has 0 aliphatic carbocycles. The summed E-state index contributed by atoms with van der Waals surface area (Å²) in [6.07, 6.45) is 0.973. The van der Waals surface area contributed by atoms with Gasteiger partial charge in [-0.15, -0.1) is 0 Å². The second-order valence-corrected chi connectivity index (χ2v) is 7.99. The second kappa shape index (κ2) is 7.31. The molecule has 0 heterocycles. The minimum atomic E-state index is -3.78. The Kier molecular flexibility index (Phi) is 5.61. The largest absolute Gasteiger partial charge is 0.324 e. The van der Waals surface area contributed by atoms with Gasteiger partial charge in [-0.1, -0.05) is 28.1 Å². The Bertz CT molecular complexity index is 858. The molecule has 2 rings (SSSR count). The summed E-state index contributed by atoms with van der Waals surface area (Å²) in [6, 6.07) is 11.0. The van der Waals surface area contributed by atoms with Crippen LogP contribution in [-0.4, -0.2) is 26.6 Å². The minimum Gasteiger partial charge on any atom is -0.324 e. The van der Waals surface area contributed by atoms with Crippen LogP contribution >= 0.6 is 15.9 Å². The summed E-state index contributed by atoms with van der Waals surface area (Å²) in [6.45, 7) is 1.44. The van der Waals surface area contributed by atoms with Crippen LogP contribution in [0.5, 0.6) is 0 Å². The van der Waals surface area contributed by atoms with Gasteiger partial charge in [0.25, 0.3) is 0 Å². The van der Waals surface area contributed by atoms with E-state index >= 15 is 0 Å². The van der Waals surface area contributed by atoms with Crippen LogP contribution in [0.4, 0.5) is 15.8 Å². The van der Waals surface area contributed by atoms with E-state index in [1.807, 2.05) is 0 Å². The van der Waals surface area contributed by atoms with Crippen molar-refractivity contribution < 1.29 is 17.6 Å². The molecule has 1 atom stereocenters. The molecule has 24 heavy (non-hydrogen) atoms. The van der Waals surface area contributed by atoms with Gasteiger partial charge in [-0.2, -0.15) is 0 Å². The van der Waals surface area contributed by atoms with Crippen molar-refractivity contribution in [3.05, 3.63) is 58.8 Å². The van der Waals surface area contributed by atoms with E-state index < -0.39 is 27.8 Å². The van der Waals surface area contributed by atoms with Crippen LogP contribution in [0, 0.1) is 5.82 Å². The van der Waals surface area contributed by atoms with Gasteiger partial charge in [-0.3, -0.25) is 9.10 Å². The third kappa shape index (κ3) is 4.55. The van der Waals surface area contributed by atoms with Gasteiger partial charge in [0.05, 0.1) is 11.9 Å². The zero-order valence-electron chi connectivity index (χ0n) is 13.0. The van der Waals surface area contributed by atoms with Crippen molar-refractivity contribution >= 4 is 43.2 Å². The lowest BCUT2D eigenvalue weighted by atomic mass is 10.2. The summed E-state index contributed by atoms with van der Waals surface area (Å²) in [5, 5.41) is 2.65. The Balaban J connectivity index is 2.31. The predicted octanol–water partition coefficient (Wildman–Crippen LogP) is 3.38. The van der Waals surface area contributed by atoms with Crippen LogP contribution < -0.4 is 9.62 Å². The number of anilines is 2. The van der Waals surface area contributed by atoms with Crippen LogP contribution in [0.1, 0.15) is 6.92 Å². The van der Waals surface area contributed by atoms with Crippen molar-refractivity contribution in [2.75, 3.05) is 15.9 Å². The molecule has 0 bridgehead atoms. The quantitative estimate of drug-likeness (QED) is 0.815. The molecule has 2 aromatic carbocycles. The molecule has 0 aromatic heterocycles. The van der Waals surface area contributed by atoms with E-state index in [0.717, 1.165) is 21.1 Å². The molecule has 1 amide bonds. The first-order valence-electron chi connectivity index (χ1n) is 7.00. The molecule has 0 saturated carbocycles. The number of hydrogen-bond donors (Lipinski definition) is 1. The van der Waals surface area contributed by atoms with Gasteiger partial charge in [-0.05, 0) is 43.3 Å². The Morgan fingerprint density at radius 3 is 2.46 bits per heavy atom. The molecular weight excluding hydrogens is 399 g/mol. The summed E-state index contributed by atoms with van der Waals surface area (Å²) in [4.78, 5) is 12.4. The van der Waals surface area contributed by atoms with Crippen molar-refractivity contribution in [2.45, 2.75) is 13.0 Å². The normalized spacial score (nSPS) is 12.5. The number of amides is 1. The Morgan fingerprint density at radius 2 is 1.88 bits per heavy atom. The van der Waals surface area contributed by atoms with E-state index in [-0.39, 0.29) is 5.69 Å². The maximum Gasteiger partial charge on any atom is 0.247 e. The lowest BCUT2D eigenvalue weighted by Gasteiger charge is -2.28. The van der Waals surface area contributed by atoms with Gasteiger partial charge in [0.2, 0.25) is 15.9 Å². The first-order chi connectivity index (χ1) is 11.2. The summed E-state index contributed by atoms with van der Waals surface area (Å²) in [5.74, 6) is -1.11. The van der Waals surface area contributed by atoms with Crippen molar-refractivity contribution in [1.82, 2.24) is 0 Å². The third-order valence-electron chi connectivity index (χ3n) is 3.24. The summed E-state index contributed by atoms with van der Waals surface area (Å²) in [7, 11) is -3.78. The fraction of sp³-hybridized carbons (Fsp3) is 0.188. The molecule has 8 heteroatoms. The molecule has 0 aliphatic rings. The first-order valence-corrected chi connectivity index (χ1v) is 9.64. The number of halogens is 2. The van der Waals surface area contributed by atoms with E-state index in [2.05, 4.69) is 21.2 Å². The van der Waals surface area contributed by atoms with Crippen LogP contribution in [0.3, 0.4) is 0 Å². The molecule has 0 unspecified atom stereocenters. The SMILES string of the molecule is C[C@@H](C(=O)Nc1cccc(Br)c1)N(c1cccc(F)c1)S(C)(=O)=O. The van der Waals surface area contributed by atoms with E-state index in [9.17, 15) is 17.6 Å². The molecule has 0 aliphatic heterocycles. The number of nitrogens with one attached hydrogen (secondary N) is 1. The monoisotopic (exact) mass is 414 g/mol. The average Bonchev–Trinajstić information content (AvgIpc) is 2.46. The van der Waals surface area contributed by atoms with E-state index in [0.29, 0.717) is 5.69 Å². The third-order valence-corrected chi connectivity index (χ3v) is 4.98. The highest BCUT2D eigenvalue weighted by Gasteiger charge is 2.29. The highest BCUT2D eigenvalue weighted by molar-refractivity contribution is 9.10. The molecule has 1 N–H and O–H groups in total. The van der Waals surface area contributed by atoms with Crippen molar-refractivity contribution in [3.8, 4) is 0 Å². The second-order valence-electron chi connectivity index (χ2n) is 5.21. The van der Waals surface area contributed by atoms with Gasteiger partial charge >= 0.3 is 0 Å². The standard InChI is InChI=1S/C16H16BrFN2O3S/c1-11(16(21)19-14-7-3-5-12(17)9-14)20(24(2,22)23)15-8-4-6-13(18)10-15/h3-11H,1-2H3,(H,19,21)/t11-/m0/s1. The zero-order chi connectivity index (χ0) is 17.9. The predicted molar refractivity (Wildman–Crippen MR) is 96.0 cm³/mol. The number of hydrogen-bond acceptors (Lipinski definition) is 3. The van der Waals surface area contributed by atoms with E-state index in [1.54, 1.807) is 24.3 Å². The van der Waals surface area contributed by atoms with Crippen LogP contribution in [0.15, 0.2) is 53.0 Å². The number of nitrogens with zero attached hydrogens (tertiary/aromatic N) is 1. The summed E-state index contributed by atoms with van der Waals surface area (Å²) in [5.41, 5.74) is 0.614. The highest BCUT2D eigenvalue weighted by Crippen LogP contribution is 2.23. The molecule has 0 saturated heterocycles. The van der Waals surface area contributed by atoms with Gasteiger partial charge < -0.3 is 5.32 Å². The fourth-order valence-corrected chi connectivity index (χ4v) is 3.80. The van der Waals surface area contributed by atoms with Crippen molar-refractivity contribution in [1.29, 1.82) is 0 Å². The van der Waals surface area contributed by atoms with Crippen molar-refractivity contribution in [2.24, 2.45) is 0 Å². The minimum absolute atomic E-state index is 0.0920. The number of rotatable bonds is 5. The fourth-order valence-electron chi connectivity index (χ4n) is 2.23. The van der Waals surface area contributed by atoms with Crippen LogP contribution in [0.25, 0.3) is 0 Å². The first kappa shape index (κ1) is 18.4. The summed E-state index contributed by atoms with van der Waals surface area (Å²) >= 11 is 3.30. The Morgan fingerprint density at radius 1 is 1.21 bits per heavy atom. The molecule has 2 aromatic rings. The van der Waals surface area contributed by atoms with Gasteiger partial charge in [0.15, 0.2) is 0 Å². The lowest BCUT2D eigenvalue weighted by molar-refractivity contribution is -0.116. The van der Waals surface area contributed by atoms with Crippen molar-refractivity contribution in [3.63, 3.8) is 0 Å². The molecule has 128 valence electrons. The number of carbonyl (C=O) groups is 1. The number of sulfonamides is 1.